The first-order valence-electron chi connectivity index (χ1n) is 11.6. The Morgan fingerprint density at radius 3 is 0.974 bits per heavy atom. The Balaban J connectivity index is 1.91. The van der Waals surface area contributed by atoms with E-state index in [0.29, 0.717) is 0 Å². The zero-order valence-electron chi connectivity index (χ0n) is 19.8. The minimum atomic E-state index is -5.22. The average molecular weight is 581 g/mol. The number of hydrogen-bond acceptors (Lipinski definition) is 19. The molecular weight excluding hydrogens is 545 g/mol. The van der Waals surface area contributed by atoms with E-state index < -0.39 is 120 Å². The molecule has 0 unspecified atom stereocenters. The molecule has 0 aliphatic carbocycles. The van der Waals surface area contributed by atoms with E-state index in [1.807, 2.05) is 0 Å². The van der Waals surface area contributed by atoms with Gasteiger partial charge in [-0.25, -0.2) is 4.57 Å². The molecule has 15 N–H and O–H groups in total. The van der Waals surface area contributed by atoms with Gasteiger partial charge in [0.1, 0.15) is 54.9 Å². The number of phosphoric ester groups is 1. The summed E-state index contributed by atoms with van der Waals surface area (Å²) in [6, 6.07) is -4.82. The van der Waals surface area contributed by atoms with Crippen molar-refractivity contribution in [1.29, 1.82) is 0 Å². The smallest absolute Gasteiger partial charge is 0.394 e. The lowest BCUT2D eigenvalue weighted by atomic mass is 9.98. The summed E-state index contributed by atoms with van der Waals surface area (Å²) in [7, 11) is -5.22. The van der Waals surface area contributed by atoms with Gasteiger partial charge in [-0.2, -0.15) is 0 Å². The molecule has 19 nitrogen and oxygen atoms in total. The van der Waals surface area contributed by atoms with Gasteiger partial charge in [-0.1, -0.05) is 0 Å². The molecule has 0 aromatic heterocycles. The van der Waals surface area contributed by atoms with E-state index in [0.717, 1.165) is 0 Å². The van der Waals surface area contributed by atoms with E-state index in [2.05, 4.69) is 0 Å². The van der Waals surface area contributed by atoms with Crippen LogP contribution < -0.4 is 17.2 Å². The number of rotatable bonds is 9. The van der Waals surface area contributed by atoms with Crippen molar-refractivity contribution in [2.75, 3.05) is 19.8 Å². The van der Waals surface area contributed by atoms with Gasteiger partial charge in [0, 0.05) is 0 Å². The zero-order valence-corrected chi connectivity index (χ0v) is 20.7. The molecule has 3 fully saturated rings. The molecule has 0 spiro atoms. The summed E-state index contributed by atoms with van der Waals surface area (Å²) in [6.45, 7) is -2.47. The lowest BCUT2D eigenvalue weighted by molar-refractivity contribution is -0.276. The van der Waals surface area contributed by atoms with Crippen LogP contribution in [0.5, 0.6) is 0 Å². The van der Waals surface area contributed by atoms with Gasteiger partial charge in [-0.05, 0) is 0 Å². The van der Waals surface area contributed by atoms with E-state index in [4.69, 9.17) is 45.0 Å². The third kappa shape index (κ3) is 6.52. The number of nitrogens with two attached hydrogens (primary N) is 3. The quantitative estimate of drug-likeness (QED) is 0.112. The lowest BCUT2D eigenvalue weighted by Gasteiger charge is -2.44. The van der Waals surface area contributed by atoms with Crippen LogP contribution in [0.25, 0.3) is 0 Å². The largest absolute Gasteiger partial charge is 0.481 e. The molecule has 3 saturated heterocycles. The number of aliphatic hydroxyl groups excluding tert-OH is 9. The highest BCUT2D eigenvalue weighted by Crippen LogP contribution is 2.55. The predicted molar refractivity (Wildman–Crippen MR) is 118 cm³/mol. The summed E-state index contributed by atoms with van der Waals surface area (Å²) in [5.74, 6) is 0. The van der Waals surface area contributed by atoms with Crippen molar-refractivity contribution < 1.29 is 78.3 Å². The zero-order chi connectivity index (χ0) is 28.5. The number of ether oxygens (including phenoxy) is 3. The molecule has 15 atom stereocenters. The standard InChI is InChI=1S/C18H36N3O16P/c19-7-13(28)10(25)4(1-22)32-16(7)35-38(31,36-17-8(20)14(29)11(26)5(2-23)33-17)37-18-9(21)15(30)12(27)6(3-24)34-18/h4-18,22-30H,1-3,19-21H2/t4-,5-,6-,7-,8-,9-,10-,11-,12-,13-,14-,15-,16-,17-,18-/m1/s1. The third-order valence-corrected chi connectivity index (χ3v) is 7.88. The van der Waals surface area contributed by atoms with Gasteiger partial charge in [-0.3, -0.25) is 13.6 Å². The molecule has 0 aromatic carbocycles. The fourth-order valence-electron chi connectivity index (χ4n) is 4.05. The lowest BCUT2D eigenvalue weighted by Crippen LogP contribution is -2.64. The molecule has 0 bridgehead atoms. The summed E-state index contributed by atoms with van der Waals surface area (Å²) in [4.78, 5) is 0. The monoisotopic (exact) mass is 581 g/mol. The predicted octanol–water partition coefficient (Wildman–Crippen LogP) is -7.56. The third-order valence-electron chi connectivity index (χ3n) is 6.48. The maximum absolute atomic E-state index is 13.9. The van der Waals surface area contributed by atoms with E-state index in [9.17, 15) is 50.5 Å². The van der Waals surface area contributed by atoms with Crippen LogP contribution in [0.3, 0.4) is 0 Å². The van der Waals surface area contributed by atoms with Crippen LogP contribution in [0.1, 0.15) is 0 Å². The Hall–Kier alpha value is -0.490. The maximum Gasteiger partial charge on any atom is 0.481 e. The molecule has 3 rings (SSSR count). The van der Waals surface area contributed by atoms with Gasteiger partial charge >= 0.3 is 7.82 Å². The summed E-state index contributed by atoms with van der Waals surface area (Å²) >= 11 is 0. The molecular formula is C18H36N3O16P. The van der Waals surface area contributed by atoms with Crippen LogP contribution in [0, 0.1) is 0 Å². The van der Waals surface area contributed by atoms with E-state index >= 15 is 0 Å². The topological polar surface area (TPSA) is 333 Å². The second kappa shape index (κ2) is 13.0. The van der Waals surface area contributed by atoms with Crippen LogP contribution in [-0.2, 0) is 32.3 Å². The molecule has 0 aromatic rings. The molecule has 3 aliphatic rings. The van der Waals surface area contributed by atoms with Crippen molar-refractivity contribution in [3.63, 3.8) is 0 Å². The molecule has 38 heavy (non-hydrogen) atoms. The summed E-state index contributed by atoms with van der Waals surface area (Å²) in [6.07, 6.45) is -20.3. The first-order chi connectivity index (χ1) is 17.8. The Labute approximate surface area is 215 Å². The Kier molecular flexibility index (Phi) is 11.0. The van der Waals surface area contributed by atoms with Gasteiger partial charge in [0.25, 0.3) is 0 Å². The molecule has 0 saturated carbocycles. The minimum absolute atomic E-state index is 0.825. The molecule has 20 heteroatoms. The summed E-state index contributed by atoms with van der Waals surface area (Å²) in [5.41, 5.74) is 17.5. The van der Waals surface area contributed by atoms with Crippen LogP contribution >= 0.6 is 7.82 Å². The van der Waals surface area contributed by atoms with Gasteiger partial charge < -0.3 is 77.4 Å². The second-order valence-corrected chi connectivity index (χ2v) is 10.6. The van der Waals surface area contributed by atoms with Crippen molar-refractivity contribution in [3.8, 4) is 0 Å². The molecule has 224 valence electrons. The van der Waals surface area contributed by atoms with Gasteiger partial charge in [0.15, 0.2) is 18.9 Å². The molecule has 3 heterocycles. The van der Waals surface area contributed by atoms with Gasteiger partial charge in [-0.15, -0.1) is 0 Å². The minimum Gasteiger partial charge on any atom is -0.394 e. The van der Waals surface area contributed by atoms with E-state index in [1.165, 1.54) is 0 Å². The van der Waals surface area contributed by atoms with Gasteiger partial charge in [0.05, 0.1) is 37.9 Å². The van der Waals surface area contributed by atoms with Crippen molar-refractivity contribution in [2.45, 2.75) is 91.9 Å². The van der Waals surface area contributed by atoms with Crippen molar-refractivity contribution in [2.24, 2.45) is 17.2 Å². The summed E-state index contributed by atoms with van der Waals surface area (Å²) in [5, 5.41) is 89.0. The molecule has 0 amide bonds. The highest BCUT2D eigenvalue weighted by Gasteiger charge is 2.53. The molecule has 0 radical (unpaired) electrons. The van der Waals surface area contributed by atoms with Crippen molar-refractivity contribution in [1.82, 2.24) is 0 Å². The highest BCUT2D eigenvalue weighted by molar-refractivity contribution is 7.48. The normalized spacial score (nSPS) is 48.7. The Morgan fingerprint density at radius 1 is 0.526 bits per heavy atom. The van der Waals surface area contributed by atoms with Crippen LogP contribution in [0.2, 0.25) is 0 Å². The maximum atomic E-state index is 13.9. The second-order valence-electron chi connectivity index (χ2n) is 9.12. The highest BCUT2D eigenvalue weighted by atomic mass is 31.2. The fourth-order valence-corrected chi connectivity index (χ4v) is 5.53. The number of phosphoric acid groups is 1. The van der Waals surface area contributed by atoms with Crippen LogP contribution in [0.4, 0.5) is 0 Å². The average Bonchev–Trinajstić information content (AvgIpc) is 2.89. The van der Waals surface area contributed by atoms with E-state index in [-0.39, 0.29) is 0 Å². The van der Waals surface area contributed by atoms with Crippen LogP contribution in [-0.4, -0.2) is 158 Å². The van der Waals surface area contributed by atoms with Gasteiger partial charge in [0.2, 0.25) is 0 Å². The first kappa shape index (κ1) is 32.0. The van der Waals surface area contributed by atoms with Crippen molar-refractivity contribution in [3.05, 3.63) is 0 Å². The van der Waals surface area contributed by atoms with Crippen molar-refractivity contribution >= 4 is 7.82 Å². The molecule has 3 aliphatic heterocycles. The summed E-state index contributed by atoms with van der Waals surface area (Å²) < 4.78 is 45.7. The number of hydrogen-bond donors (Lipinski definition) is 12. The Bertz CT molecular complexity index is 712. The fraction of sp³-hybridized carbons (Fsp3) is 1.00. The SMILES string of the molecule is N[C@H]1[C@@H](OP(=O)(O[C@H]2O[C@H](CO)[C@@H](O)[C@H](O)[C@H]2N)O[C@H]2O[C@H](CO)[C@@H](O)[C@H](O)[C@H]2N)O[C@H](CO)[C@@H](O)[C@@H]1O. The first-order valence-corrected chi connectivity index (χ1v) is 13.0. The number of aliphatic hydroxyl groups is 9. The van der Waals surface area contributed by atoms with Crippen LogP contribution in [0.15, 0.2) is 0 Å². The Morgan fingerprint density at radius 2 is 0.763 bits per heavy atom. The van der Waals surface area contributed by atoms with E-state index in [1.54, 1.807) is 0 Å².